The largest absolute Gasteiger partial charge is 0.389 e. The second-order valence-corrected chi connectivity index (χ2v) is 4.99. The molecule has 19 heavy (non-hydrogen) atoms. The molecule has 0 bridgehead atoms. The van der Waals surface area contributed by atoms with Gasteiger partial charge >= 0.3 is 0 Å². The number of aryl methyl sites for hydroxylation is 1. The molecule has 0 aromatic heterocycles. The molecule has 0 aliphatic carbocycles. The van der Waals surface area contributed by atoms with Crippen LogP contribution in [0.1, 0.15) is 11.1 Å². The number of thiocarbonyl (C=S) groups is 1. The molecular formula is C14H12ClFN2S. The summed E-state index contributed by atoms with van der Waals surface area (Å²) in [7, 11) is 0. The molecule has 2 aromatic carbocycles. The molecule has 0 atom stereocenters. The van der Waals surface area contributed by atoms with Gasteiger partial charge in [-0.3, -0.25) is 0 Å². The van der Waals surface area contributed by atoms with Gasteiger partial charge in [0.25, 0.3) is 0 Å². The first-order valence-electron chi connectivity index (χ1n) is 5.60. The Hall–Kier alpha value is -1.65. The summed E-state index contributed by atoms with van der Waals surface area (Å²) in [6.07, 6.45) is 0. The zero-order chi connectivity index (χ0) is 14.0. The van der Waals surface area contributed by atoms with Crippen LogP contribution in [0.2, 0.25) is 5.02 Å². The Bertz CT molecular complexity index is 643. The maximum atomic E-state index is 13.7. The average molecular weight is 295 g/mol. The number of halogens is 2. The maximum absolute atomic E-state index is 13.7. The van der Waals surface area contributed by atoms with Crippen molar-refractivity contribution < 1.29 is 4.39 Å². The van der Waals surface area contributed by atoms with E-state index in [-0.39, 0.29) is 10.6 Å². The first-order chi connectivity index (χ1) is 8.99. The third-order valence-electron chi connectivity index (χ3n) is 2.72. The van der Waals surface area contributed by atoms with Crippen LogP contribution in [0.5, 0.6) is 0 Å². The van der Waals surface area contributed by atoms with Gasteiger partial charge in [0.1, 0.15) is 10.8 Å². The number of anilines is 2. The molecule has 0 unspecified atom stereocenters. The quantitative estimate of drug-likeness (QED) is 0.835. The van der Waals surface area contributed by atoms with Crippen LogP contribution in [0, 0.1) is 12.7 Å². The average Bonchev–Trinajstić information content (AvgIpc) is 2.32. The number of benzene rings is 2. The standard InChI is InChI=1S/C14H12ClFN2S/c1-8-7-9(15)5-6-11(8)18-12-4-2-3-10(16)13(12)14(17)19/h2-7,18H,1H3,(H2,17,19). The summed E-state index contributed by atoms with van der Waals surface area (Å²) in [6.45, 7) is 1.91. The van der Waals surface area contributed by atoms with E-state index in [2.05, 4.69) is 5.32 Å². The van der Waals surface area contributed by atoms with Crippen LogP contribution in [0.25, 0.3) is 0 Å². The van der Waals surface area contributed by atoms with Crippen LogP contribution in [0.3, 0.4) is 0 Å². The molecular weight excluding hydrogens is 283 g/mol. The summed E-state index contributed by atoms with van der Waals surface area (Å²) in [5, 5.41) is 3.77. The van der Waals surface area contributed by atoms with Gasteiger partial charge in [0.05, 0.1) is 11.3 Å². The molecule has 5 heteroatoms. The second kappa shape index (κ2) is 5.55. The minimum atomic E-state index is -0.441. The van der Waals surface area contributed by atoms with Crippen molar-refractivity contribution in [3.63, 3.8) is 0 Å². The third-order valence-corrected chi connectivity index (χ3v) is 3.16. The van der Waals surface area contributed by atoms with Gasteiger partial charge in [-0.1, -0.05) is 29.9 Å². The highest BCUT2D eigenvalue weighted by Crippen LogP contribution is 2.26. The minimum absolute atomic E-state index is 0.0206. The van der Waals surface area contributed by atoms with Crippen molar-refractivity contribution in [3.8, 4) is 0 Å². The van der Waals surface area contributed by atoms with Gasteiger partial charge in [-0.15, -0.1) is 0 Å². The number of hydrogen-bond donors (Lipinski definition) is 2. The van der Waals surface area contributed by atoms with Gasteiger partial charge in [-0.2, -0.15) is 0 Å². The number of rotatable bonds is 3. The Morgan fingerprint density at radius 1 is 1.26 bits per heavy atom. The Balaban J connectivity index is 2.44. The molecule has 0 saturated carbocycles. The molecule has 2 rings (SSSR count). The second-order valence-electron chi connectivity index (χ2n) is 4.11. The van der Waals surface area contributed by atoms with E-state index in [0.717, 1.165) is 11.3 Å². The summed E-state index contributed by atoms with van der Waals surface area (Å²) in [5.41, 5.74) is 8.09. The van der Waals surface area contributed by atoms with Crippen molar-refractivity contribution in [1.82, 2.24) is 0 Å². The summed E-state index contributed by atoms with van der Waals surface area (Å²) in [4.78, 5) is 0.0206. The fourth-order valence-corrected chi connectivity index (χ4v) is 2.23. The Labute approximate surface area is 121 Å². The molecule has 0 aliphatic heterocycles. The number of nitrogens with two attached hydrogens (primary N) is 1. The minimum Gasteiger partial charge on any atom is -0.389 e. The van der Waals surface area contributed by atoms with Crippen molar-refractivity contribution in [2.75, 3.05) is 5.32 Å². The molecule has 2 nitrogen and oxygen atoms in total. The first kappa shape index (κ1) is 13.8. The Kier molecular flexibility index (Phi) is 4.02. The smallest absolute Gasteiger partial charge is 0.135 e. The van der Waals surface area contributed by atoms with Crippen LogP contribution in [-0.4, -0.2) is 4.99 Å². The Morgan fingerprint density at radius 3 is 2.63 bits per heavy atom. The molecule has 0 heterocycles. The van der Waals surface area contributed by atoms with Crippen molar-refractivity contribution in [2.45, 2.75) is 6.92 Å². The normalized spacial score (nSPS) is 10.3. The molecule has 0 amide bonds. The van der Waals surface area contributed by atoms with E-state index in [0.29, 0.717) is 10.7 Å². The molecule has 2 aromatic rings. The summed E-state index contributed by atoms with van der Waals surface area (Å²) in [5.74, 6) is -0.441. The lowest BCUT2D eigenvalue weighted by Gasteiger charge is -2.14. The van der Waals surface area contributed by atoms with Crippen LogP contribution < -0.4 is 11.1 Å². The molecule has 98 valence electrons. The van der Waals surface area contributed by atoms with Crippen LogP contribution in [0.15, 0.2) is 36.4 Å². The van der Waals surface area contributed by atoms with Gasteiger partial charge in [-0.25, -0.2) is 4.39 Å². The fraction of sp³-hybridized carbons (Fsp3) is 0.0714. The van der Waals surface area contributed by atoms with Crippen molar-refractivity contribution in [3.05, 3.63) is 58.4 Å². The van der Waals surface area contributed by atoms with Crippen LogP contribution >= 0.6 is 23.8 Å². The van der Waals surface area contributed by atoms with Crippen molar-refractivity contribution >= 4 is 40.2 Å². The highest BCUT2D eigenvalue weighted by Gasteiger charge is 2.11. The summed E-state index contributed by atoms with van der Waals surface area (Å²) < 4.78 is 13.7. The first-order valence-corrected chi connectivity index (χ1v) is 6.39. The number of nitrogens with one attached hydrogen (secondary N) is 1. The van der Waals surface area contributed by atoms with Gasteiger partial charge in [-0.05, 0) is 42.8 Å². The van der Waals surface area contributed by atoms with Crippen molar-refractivity contribution in [1.29, 1.82) is 0 Å². The molecule has 3 N–H and O–H groups in total. The van der Waals surface area contributed by atoms with E-state index >= 15 is 0 Å². The zero-order valence-corrected chi connectivity index (χ0v) is 11.8. The lowest BCUT2D eigenvalue weighted by atomic mass is 10.1. The van der Waals surface area contributed by atoms with Gasteiger partial charge in [0, 0.05) is 10.7 Å². The predicted molar refractivity (Wildman–Crippen MR) is 81.8 cm³/mol. The number of hydrogen-bond acceptors (Lipinski definition) is 2. The predicted octanol–water partition coefficient (Wildman–Crippen LogP) is 4.17. The van der Waals surface area contributed by atoms with Gasteiger partial charge in [0.2, 0.25) is 0 Å². The third kappa shape index (κ3) is 3.03. The SMILES string of the molecule is Cc1cc(Cl)ccc1Nc1cccc(F)c1C(N)=S. The molecule has 0 radical (unpaired) electrons. The molecule has 0 spiro atoms. The highest BCUT2D eigenvalue weighted by atomic mass is 35.5. The van der Waals surface area contributed by atoms with Crippen molar-refractivity contribution in [2.24, 2.45) is 5.73 Å². The van der Waals surface area contributed by atoms with E-state index in [1.807, 2.05) is 19.1 Å². The highest BCUT2D eigenvalue weighted by molar-refractivity contribution is 7.80. The maximum Gasteiger partial charge on any atom is 0.135 e. The lowest BCUT2D eigenvalue weighted by molar-refractivity contribution is 0.626. The topological polar surface area (TPSA) is 38.0 Å². The van der Waals surface area contributed by atoms with Gasteiger partial charge in [0.15, 0.2) is 0 Å². The summed E-state index contributed by atoms with van der Waals surface area (Å²) in [6, 6.07) is 10.1. The van der Waals surface area contributed by atoms with Crippen LogP contribution in [-0.2, 0) is 0 Å². The summed E-state index contributed by atoms with van der Waals surface area (Å²) >= 11 is 10.8. The Morgan fingerprint density at radius 2 is 2.00 bits per heavy atom. The molecule has 0 saturated heterocycles. The molecule has 0 aliphatic rings. The molecule has 0 fully saturated rings. The van der Waals surface area contributed by atoms with Crippen LogP contribution in [0.4, 0.5) is 15.8 Å². The lowest BCUT2D eigenvalue weighted by Crippen LogP contribution is -2.14. The zero-order valence-electron chi connectivity index (χ0n) is 10.2. The van der Waals surface area contributed by atoms with E-state index in [1.165, 1.54) is 6.07 Å². The van der Waals surface area contributed by atoms with E-state index in [1.54, 1.807) is 18.2 Å². The van der Waals surface area contributed by atoms with Gasteiger partial charge < -0.3 is 11.1 Å². The van der Waals surface area contributed by atoms with E-state index < -0.39 is 5.82 Å². The fourth-order valence-electron chi connectivity index (χ4n) is 1.79. The van der Waals surface area contributed by atoms with E-state index in [9.17, 15) is 4.39 Å². The monoisotopic (exact) mass is 294 g/mol. The van der Waals surface area contributed by atoms with E-state index in [4.69, 9.17) is 29.6 Å².